The van der Waals surface area contributed by atoms with Gasteiger partial charge in [-0.1, -0.05) is 33.6 Å². The highest BCUT2D eigenvalue weighted by molar-refractivity contribution is 4.85. The number of nitrogens with one attached hydrogen (secondary N) is 1. The van der Waals surface area contributed by atoms with E-state index in [1.165, 1.54) is 38.6 Å². The summed E-state index contributed by atoms with van der Waals surface area (Å²) in [6.45, 7) is 12.0. The second-order valence-corrected chi connectivity index (χ2v) is 5.42. The Bertz CT molecular complexity index is 199. The first kappa shape index (κ1) is 15.9. The Labute approximate surface area is 113 Å². The van der Waals surface area contributed by atoms with Gasteiger partial charge in [0, 0.05) is 38.3 Å². The fourth-order valence-corrected chi connectivity index (χ4v) is 2.62. The first-order valence-electron chi connectivity index (χ1n) is 7.86. The lowest BCUT2D eigenvalue weighted by atomic mass is 10.0. The number of hydrogen-bond donors (Lipinski definition) is 1. The molecule has 0 amide bonds. The molecule has 3 nitrogen and oxygen atoms in total. The number of ether oxygens (including phenoxy) is 1. The predicted molar refractivity (Wildman–Crippen MR) is 78.1 cm³/mol. The van der Waals surface area contributed by atoms with Gasteiger partial charge in [0.05, 0.1) is 6.61 Å². The molecule has 0 aliphatic carbocycles. The normalized spacial score (nSPS) is 25.5. The van der Waals surface area contributed by atoms with Crippen molar-refractivity contribution in [1.29, 1.82) is 0 Å². The summed E-state index contributed by atoms with van der Waals surface area (Å²) in [7, 11) is 0. The van der Waals surface area contributed by atoms with Crippen LogP contribution in [0.25, 0.3) is 0 Å². The molecule has 1 fully saturated rings. The Kier molecular flexibility index (Phi) is 8.64. The van der Waals surface area contributed by atoms with Crippen LogP contribution < -0.4 is 5.32 Å². The molecule has 1 aliphatic heterocycles. The molecule has 3 heteroatoms. The van der Waals surface area contributed by atoms with Crippen LogP contribution in [0.15, 0.2) is 0 Å². The molecular weight excluding hydrogens is 224 g/mol. The van der Waals surface area contributed by atoms with E-state index in [2.05, 4.69) is 31.0 Å². The van der Waals surface area contributed by atoms with Crippen molar-refractivity contribution >= 4 is 0 Å². The van der Waals surface area contributed by atoms with E-state index in [0.717, 1.165) is 26.3 Å². The van der Waals surface area contributed by atoms with Gasteiger partial charge in [0.2, 0.25) is 0 Å². The summed E-state index contributed by atoms with van der Waals surface area (Å²) in [5, 5.41) is 3.66. The highest BCUT2D eigenvalue weighted by Crippen LogP contribution is 2.13. The molecule has 1 aliphatic rings. The van der Waals surface area contributed by atoms with Crippen molar-refractivity contribution in [2.75, 3.05) is 32.8 Å². The molecule has 0 radical (unpaired) electrons. The monoisotopic (exact) mass is 256 g/mol. The van der Waals surface area contributed by atoms with Gasteiger partial charge in [0.25, 0.3) is 0 Å². The van der Waals surface area contributed by atoms with E-state index in [0.29, 0.717) is 12.1 Å². The van der Waals surface area contributed by atoms with Crippen molar-refractivity contribution in [2.45, 2.75) is 65.0 Å². The maximum Gasteiger partial charge on any atom is 0.0593 e. The fraction of sp³-hybridized carbons (Fsp3) is 1.00. The van der Waals surface area contributed by atoms with Gasteiger partial charge in [-0.15, -0.1) is 0 Å². The summed E-state index contributed by atoms with van der Waals surface area (Å²) in [5.74, 6) is 0. The largest absolute Gasteiger partial charge is 0.380 e. The van der Waals surface area contributed by atoms with Crippen LogP contribution >= 0.6 is 0 Å². The minimum Gasteiger partial charge on any atom is -0.380 e. The quantitative estimate of drug-likeness (QED) is 0.642. The third-order valence-electron chi connectivity index (χ3n) is 3.89. The number of hydrogen-bond acceptors (Lipinski definition) is 3. The van der Waals surface area contributed by atoms with Crippen LogP contribution in [0.5, 0.6) is 0 Å². The Morgan fingerprint density at radius 3 is 2.67 bits per heavy atom. The zero-order chi connectivity index (χ0) is 13.2. The van der Waals surface area contributed by atoms with Crippen LogP contribution in [-0.2, 0) is 4.74 Å². The molecule has 1 saturated heterocycles. The molecule has 0 aromatic carbocycles. The van der Waals surface area contributed by atoms with Crippen molar-refractivity contribution < 1.29 is 4.74 Å². The van der Waals surface area contributed by atoms with Crippen molar-refractivity contribution in [3.8, 4) is 0 Å². The lowest BCUT2D eigenvalue weighted by Crippen LogP contribution is -2.56. The number of piperazine rings is 1. The molecule has 1 N–H and O–H groups in total. The van der Waals surface area contributed by atoms with Crippen molar-refractivity contribution in [3.63, 3.8) is 0 Å². The maximum absolute atomic E-state index is 5.71. The fourth-order valence-electron chi connectivity index (χ4n) is 2.62. The molecule has 1 rings (SSSR count). The van der Waals surface area contributed by atoms with Crippen molar-refractivity contribution in [2.24, 2.45) is 0 Å². The molecule has 0 aromatic rings. The van der Waals surface area contributed by atoms with Gasteiger partial charge in [0.15, 0.2) is 0 Å². The zero-order valence-corrected chi connectivity index (χ0v) is 12.6. The minimum absolute atomic E-state index is 0.675. The van der Waals surface area contributed by atoms with E-state index in [9.17, 15) is 0 Å². The SMILES string of the molecule is CCCCOCCN1CC(CC)NCC1CCC. The van der Waals surface area contributed by atoms with Crippen LogP contribution in [0.3, 0.4) is 0 Å². The third kappa shape index (κ3) is 5.68. The van der Waals surface area contributed by atoms with Gasteiger partial charge in [-0.2, -0.15) is 0 Å². The molecule has 2 atom stereocenters. The molecule has 108 valence electrons. The molecule has 1 heterocycles. The first-order valence-corrected chi connectivity index (χ1v) is 7.86. The van der Waals surface area contributed by atoms with Gasteiger partial charge in [0.1, 0.15) is 0 Å². The molecule has 0 saturated carbocycles. The third-order valence-corrected chi connectivity index (χ3v) is 3.89. The Hall–Kier alpha value is -0.120. The number of unbranched alkanes of at least 4 members (excludes halogenated alkanes) is 1. The predicted octanol–water partition coefficient (Wildman–Crippen LogP) is 2.66. The van der Waals surface area contributed by atoms with E-state index in [1.807, 2.05) is 0 Å². The van der Waals surface area contributed by atoms with E-state index in [-0.39, 0.29) is 0 Å². The van der Waals surface area contributed by atoms with Gasteiger partial charge in [-0.25, -0.2) is 0 Å². The highest BCUT2D eigenvalue weighted by Gasteiger charge is 2.25. The van der Waals surface area contributed by atoms with E-state index < -0.39 is 0 Å². The van der Waals surface area contributed by atoms with Gasteiger partial charge in [-0.05, 0) is 19.3 Å². The smallest absolute Gasteiger partial charge is 0.0593 e. The maximum atomic E-state index is 5.71. The molecular formula is C15H32N2O. The van der Waals surface area contributed by atoms with E-state index >= 15 is 0 Å². The summed E-state index contributed by atoms with van der Waals surface area (Å²) in [4.78, 5) is 2.64. The van der Waals surface area contributed by atoms with E-state index in [1.54, 1.807) is 0 Å². The lowest BCUT2D eigenvalue weighted by molar-refractivity contribution is 0.0608. The average molecular weight is 256 g/mol. The summed E-state index contributed by atoms with van der Waals surface area (Å²) in [6, 6.07) is 1.39. The van der Waals surface area contributed by atoms with Crippen LogP contribution in [0.1, 0.15) is 52.9 Å². The van der Waals surface area contributed by atoms with Crippen LogP contribution in [0.2, 0.25) is 0 Å². The topological polar surface area (TPSA) is 24.5 Å². The van der Waals surface area contributed by atoms with E-state index in [4.69, 9.17) is 4.74 Å². The molecule has 0 bridgehead atoms. The summed E-state index contributed by atoms with van der Waals surface area (Å²) < 4.78 is 5.71. The summed E-state index contributed by atoms with van der Waals surface area (Å²) in [5.41, 5.74) is 0. The second-order valence-electron chi connectivity index (χ2n) is 5.42. The van der Waals surface area contributed by atoms with Crippen LogP contribution in [0, 0.1) is 0 Å². The molecule has 0 aromatic heterocycles. The second kappa shape index (κ2) is 9.76. The summed E-state index contributed by atoms with van der Waals surface area (Å²) >= 11 is 0. The van der Waals surface area contributed by atoms with Gasteiger partial charge < -0.3 is 10.1 Å². The Balaban J connectivity index is 2.26. The van der Waals surface area contributed by atoms with Gasteiger partial charge >= 0.3 is 0 Å². The van der Waals surface area contributed by atoms with Crippen LogP contribution in [0.4, 0.5) is 0 Å². The average Bonchev–Trinajstić information content (AvgIpc) is 2.40. The van der Waals surface area contributed by atoms with Gasteiger partial charge in [-0.3, -0.25) is 4.90 Å². The van der Waals surface area contributed by atoms with Crippen LogP contribution in [-0.4, -0.2) is 49.8 Å². The Morgan fingerprint density at radius 2 is 2.00 bits per heavy atom. The molecule has 2 unspecified atom stereocenters. The summed E-state index contributed by atoms with van der Waals surface area (Å²) in [6.07, 6.45) is 6.22. The first-order chi connectivity index (χ1) is 8.81. The van der Waals surface area contributed by atoms with Crippen molar-refractivity contribution in [1.82, 2.24) is 10.2 Å². The van der Waals surface area contributed by atoms with Crippen molar-refractivity contribution in [3.05, 3.63) is 0 Å². The number of nitrogens with zero attached hydrogens (tertiary/aromatic N) is 1. The Morgan fingerprint density at radius 1 is 1.17 bits per heavy atom. The minimum atomic E-state index is 0.675. The lowest BCUT2D eigenvalue weighted by Gasteiger charge is -2.40. The number of rotatable bonds is 9. The standard InChI is InChI=1S/C15H32N2O/c1-4-7-10-18-11-9-17-13-14(6-3)16-12-15(17)8-5-2/h14-16H,4-13H2,1-3H3. The zero-order valence-electron chi connectivity index (χ0n) is 12.6. The molecule has 0 spiro atoms. The molecule has 18 heavy (non-hydrogen) atoms. The highest BCUT2D eigenvalue weighted by atomic mass is 16.5.